The molecule has 1 fully saturated rings. The summed E-state index contributed by atoms with van der Waals surface area (Å²) < 4.78 is 1.76. The van der Waals surface area contributed by atoms with Crippen LogP contribution < -0.4 is 5.32 Å². The molecule has 2 heterocycles. The number of fused-ring (bicyclic) bond motifs is 1. The quantitative estimate of drug-likeness (QED) is 0.544. The number of hydrogen-bond acceptors (Lipinski definition) is 6. The summed E-state index contributed by atoms with van der Waals surface area (Å²) >= 11 is 0. The molecule has 0 unspecified atom stereocenters. The molecule has 2 aromatic heterocycles. The Hall–Kier alpha value is -2.81. The SMILES string of the molecule is O=C(Nc1nccc2c1ncn2[C@@H]1C[C@H](CO)[C@@H](O)[C@H]1O)c1ccccc1. The maximum absolute atomic E-state index is 12.4. The summed E-state index contributed by atoms with van der Waals surface area (Å²) in [7, 11) is 0. The second-order valence-electron chi connectivity index (χ2n) is 6.73. The molecule has 0 spiro atoms. The zero-order valence-corrected chi connectivity index (χ0v) is 14.4. The first-order valence-electron chi connectivity index (χ1n) is 8.75. The summed E-state index contributed by atoms with van der Waals surface area (Å²) in [6, 6.07) is 10.1. The number of nitrogens with one attached hydrogen (secondary N) is 1. The predicted molar refractivity (Wildman–Crippen MR) is 98.2 cm³/mol. The number of pyridine rings is 1. The van der Waals surface area contributed by atoms with Gasteiger partial charge in [0, 0.05) is 24.3 Å². The third kappa shape index (κ3) is 3.08. The first-order chi connectivity index (χ1) is 13.1. The summed E-state index contributed by atoms with van der Waals surface area (Å²) in [6.45, 7) is -0.193. The van der Waals surface area contributed by atoms with Crippen molar-refractivity contribution in [1.82, 2.24) is 14.5 Å². The summed E-state index contributed by atoms with van der Waals surface area (Å²) in [5.41, 5.74) is 1.69. The molecule has 4 N–H and O–H groups in total. The molecule has 3 aromatic rings. The van der Waals surface area contributed by atoms with E-state index in [1.165, 1.54) is 0 Å². The van der Waals surface area contributed by atoms with E-state index < -0.39 is 18.2 Å². The third-order valence-corrected chi connectivity index (χ3v) is 5.12. The van der Waals surface area contributed by atoms with Gasteiger partial charge in [0.25, 0.3) is 5.91 Å². The summed E-state index contributed by atoms with van der Waals surface area (Å²) in [5, 5.41) is 32.6. The van der Waals surface area contributed by atoms with Gasteiger partial charge in [-0.25, -0.2) is 9.97 Å². The van der Waals surface area contributed by atoms with Crippen molar-refractivity contribution in [3.05, 3.63) is 54.5 Å². The second kappa shape index (κ2) is 7.07. The molecule has 4 atom stereocenters. The van der Waals surface area contributed by atoms with Gasteiger partial charge >= 0.3 is 0 Å². The molecule has 0 saturated heterocycles. The minimum atomic E-state index is -1.00. The molecule has 0 radical (unpaired) electrons. The highest BCUT2D eigenvalue weighted by Gasteiger charge is 2.42. The molecular weight excluding hydrogens is 348 g/mol. The Bertz CT molecular complexity index is 959. The van der Waals surface area contributed by atoms with Crippen molar-refractivity contribution < 1.29 is 20.1 Å². The van der Waals surface area contributed by atoms with Gasteiger partial charge < -0.3 is 25.2 Å². The smallest absolute Gasteiger partial charge is 0.256 e. The number of benzene rings is 1. The van der Waals surface area contributed by atoms with E-state index in [9.17, 15) is 20.1 Å². The molecular formula is C19H20N4O4. The molecule has 1 aliphatic carbocycles. The Morgan fingerprint density at radius 3 is 2.63 bits per heavy atom. The van der Waals surface area contributed by atoms with Crippen LogP contribution in [0, 0.1) is 5.92 Å². The van der Waals surface area contributed by atoms with Crippen molar-refractivity contribution in [1.29, 1.82) is 0 Å². The molecule has 140 valence electrons. The molecule has 4 rings (SSSR count). The Kier molecular flexibility index (Phi) is 4.61. The van der Waals surface area contributed by atoms with Gasteiger partial charge in [0.15, 0.2) is 5.82 Å². The number of aliphatic hydroxyl groups excluding tert-OH is 3. The number of aromatic nitrogens is 3. The lowest BCUT2D eigenvalue weighted by Crippen LogP contribution is -2.30. The van der Waals surface area contributed by atoms with Crippen LogP contribution >= 0.6 is 0 Å². The fraction of sp³-hybridized carbons (Fsp3) is 0.316. The van der Waals surface area contributed by atoms with Crippen LogP contribution in [0.15, 0.2) is 48.9 Å². The number of imidazole rings is 1. The van der Waals surface area contributed by atoms with Gasteiger partial charge in [-0.15, -0.1) is 0 Å². The van der Waals surface area contributed by atoms with Crippen LogP contribution in [0.5, 0.6) is 0 Å². The lowest BCUT2D eigenvalue weighted by atomic mass is 10.1. The van der Waals surface area contributed by atoms with Crippen molar-refractivity contribution in [3.8, 4) is 0 Å². The van der Waals surface area contributed by atoms with E-state index in [-0.39, 0.29) is 18.4 Å². The van der Waals surface area contributed by atoms with Crippen LogP contribution in [0.1, 0.15) is 22.8 Å². The van der Waals surface area contributed by atoms with Crippen LogP contribution in [0.25, 0.3) is 11.0 Å². The van der Waals surface area contributed by atoms with Crippen molar-refractivity contribution in [2.24, 2.45) is 5.92 Å². The summed E-state index contributed by atoms with van der Waals surface area (Å²) in [5.74, 6) is -0.352. The van der Waals surface area contributed by atoms with E-state index in [1.807, 2.05) is 6.07 Å². The zero-order chi connectivity index (χ0) is 19.0. The summed E-state index contributed by atoms with van der Waals surface area (Å²) in [6.07, 6.45) is 1.55. The Morgan fingerprint density at radius 1 is 1.15 bits per heavy atom. The van der Waals surface area contributed by atoms with E-state index in [4.69, 9.17) is 0 Å². The van der Waals surface area contributed by atoms with Crippen LogP contribution in [-0.2, 0) is 0 Å². The zero-order valence-electron chi connectivity index (χ0n) is 14.4. The fourth-order valence-electron chi connectivity index (χ4n) is 3.64. The summed E-state index contributed by atoms with van der Waals surface area (Å²) in [4.78, 5) is 21.0. The standard InChI is InChI=1S/C19H20N4O4/c24-9-12-8-14(17(26)16(12)25)23-10-21-15-13(23)6-7-20-18(15)22-19(27)11-4-2-1-3-5-11/h1-7,10,12,14,16-17,24-26H,8-9H2,(H,20,22,27)/t12-,14-,16-,17+/m1/s1. The van der Waals surface area contributed by atoms with E-state index in [0.29, 0.717) is 28.8 Å². The number of carbonyl (C=O) groups excluding carboxylic acids is 1. The molecule has 1 saturated carbocycles. The lowest BCUT2D eigenvalue weighted by molar-refractivity contribution is -0.00365. The van der Waals surface area contributed by atoms with E-state index >= 15 is 0 Å². The van der Waals surface area contributed by atoms with Crippen molar-refractivity contribution in [2.45, 2.75) is 24.7 Å². The number of carbonyl (C=O) groups is 1. The van der Waals surface area contributed by atoms with E-state index in [1.54, 1.807) is 47.4 Å². The van der Waals surface area contributed by atoms with E-state index in [0.717, 1.165) is 0 Å². The first kappa shape index (κ1) is 17.6. The topological polar surface area (TPSA) is 121 Å². The van der Waals surface area contributed by atoms with Gasteiger partial charge in [-0.2, -0.15) is 0 Å². The van der Waals surface area contributed by atoms with Gasteiger partial charge in [0.1, 0.15) is 11.6 Å². The first-order valence-corrected chi connectivity index (χ1v) is 8.75. The molecule has 8 nitrogen and oxygen atoms in total. The Labute approximate surface area is 155 Å². The van der Waals surface area contributed by atoms with Gasteiger partial charge in [-0.05, 0) is 24.6 Å². The highest BCUT2D eigenvalue weighted by Crippen LogP contribution is 2.37. The predicted octanol–water partition coefficient (Wildman–Crippen LogP) is 0.959. The van der Waals surface area contributed by atoms with E-state index in [2.05, 4.69) is 15.3 Å². The molecule has 1 amide bonds. The average Bonchev–Trinajstić information content (AvgIpc) is 3.25. The van der Waals surface area contributed by atoms with Gasteiger partial charge in [0.2, 0.25) is 0 Å². The molecule has 8 heteroatoms. The molecule has 1 aromatic carbocycles. The molecule has 27 heavy (non-hydrogen) atoms. The molecule has 0 aliphatic heterocycles. The highest BCUT2D eigenvalue weighted by atomic mass is 16.3. The minimum absolute atomic E-state index is 0.193. The number of anilines is 1. The molecule has 0 bridgehead atoms. The largest absolute Gasteiger partial charge is 0.396 e. The maximum atomic E-state index is 12.4. The highest BCUT2D eigenvalue weighted by molar-refractivity contribution is 6.07. The van der Waals surface area contributed by atoms with Crippen LogP contribution in [0.4, 0.5) is 5.82 Å². The Balaban J connectivity index is 1.65. The van der Waals surface area contributed by atoms with Gasteiger partial charge in [0.05, 0.1) is 24.0 Å². The normalized spacial score (nSPS) is 25.0. The van der Waals surface area contributed by atoms with Crippen molar-refractivity contribution >= 4 is 22.8 Å². The fourth-order valence-corrected chi connectivity index (χ4v) is 3.64. The Morgan fingerprint density at radius 2 is 1.93 bits per heavy atom. The van der Waals surface area contributed by atoms with Crippen LogP contribution in [0.2, 0.25) is 0 Å². The lowest BCUT2D eigenvalue weighted by Gasteiger charge is -2.18. The van der Waals surface area contributed by atoms with Crippen molar-refractivity contribution in [3.63, 3.8) is 0 Å². The molecule has 1 aliphatic rings. The van der Waals surface area contributed by atoms with Crippen molar-refractivity contribution in [2.75, 3.05) is 11.9 Å². The van der Waals surface area contributed by atoms with Gasteiger partial charge in [-0.3, -0.25) is 4.79 Å². The number of hydrogen-bond donors (Lipinski definition) is 4. The maximum Gasteiger partial charge on any atom is 0.256 e. The van der Waals surface area contributed by atoms with Crippen LogP contribution in [-0.4, -0.2) is 54.6 Å². The van der Waals surface area contributed by atoms with Crippen LogP contribution in [0.3, 0.4) is 0 Å². The number of nitrogens with zero attached hydrogens (tertiary/aromatic N) is 3. The number of aliphatic hydroxyl groups is 3. The minimum Gasteiger partial charge on any atom is -0.396 e. The average molecular weight is 368 g/mol. The second-order valence-corrected chi connectivity index (χ2v) is 6.73. The number of rotatable bonds is 4. The van der Waals surface area contributed by atoms with Gasteiger partial charge in [-0.1, -0.05) is 18.2 Å². The number of amides is 1. The third-order valence-electron chi connectivity index (χ3n) is 5.12. The monoisotopic (exact) mass is 368 g/mol.